The second kappa shape index (κ2) is 12.9. The molecule has 2 aliphatic rings. The van der Waals surface area contributed by atoms with Gasteiger partial charge in [-0.1, -0.05) is 153 Å². The monoisotopic (exact) mass is 708 g/mol. The SMILES string of the molecule is Cc1cccc2c1N1c3ccccc3C(C)(C)c3ccc(-c4ccc(N(c5ccc(-c6ccccc6)cc5)c5ccc(-c6ccccc6)cc5)cc4)c(c31)O2. The first kappa shape index (κ1) is 32.8. The van der Waals surface area contributed by atoms with E-state index in [1.165, 1.54) is 44.6 Å². The lowest BCUT2D eigenvalue weighted by molar-refractivity contribution is 0.472. The van der Waals surface area contributed by atoms with Gasteiger partial charge in [-0.15, -0.1) is 0 Å². The van der Waals surface area contributed by atoms with Crippen LogP contribution in [0.1, 0.15) is 30.5 Å². The summed E-state index contributed by atoms with van der Waals surface area (Å²) in [6.45, 7) is 6.83. The maximum absolute atomic E-state index is 6.96. The highest BCUT2D eigenvalue weighted by molar-refractivity contribution is 5.98. The van der Waals surface area contributed by atoms with Crippen molar-refractivity contribution in [3.05, 3.63) is 205 Å². The summed E-state index contributed by atoms with van der Waals surface area (Å²) in [7, 11) is 0. The van der Waals surface area contributed by atoms with Gasteiger partial charge in [0.1, 0.15) is 0 Å². The average molecular weight is 709 g/mol. The molecule has 0 radical (unpaired) electrons. The van der Waals surface area contributed by atoms with Crippen molar-refractivity contribution < 1.29 is 4.74 Å². The number of para-hydroxylation sites is 2. The van der Waals surface area contributed by atoms with Crippen LogP contribution in [0.15, 0.2) is 188 Å². The standard InChI is InChI=1S/C52H40N2O/c1-35-13-12-20-48-49(35)54-47-19-11-10-18-45(47)52(2,3)46-34-33-44(51(55-48)50(46)54)40-25-31-43(32-26-40)53(41-27-21-38(22-28-41)36-14-6-4-7-15-36)42-29-23-39(24-30-42)37-16-8-5-9-17-37/h4-34H,1-3H3. The molecular formula is C52H40N2O. The van der Waals surface area contributed by atoms with E-state index in [-0.39, 0.29) is 5.41 Å². The van der Waals surface area contributed by atoms with Gasteiger partial charge in [-0.3, -0.25) is 0 Å². The molecule has 0 unspecified atom stereocenters. The van der Waals surface area contributed by atoms with Crippen molar-refractivity contribution in [2.24, 2.45) is 0 Å². The Kier molecular flexibility index (Phi) is 7.71. The Morgan fingerprint density at radius 3 is 1.53 bits per heavy atom. The van der Waals surface area contributed by atoms with Crippen LogP contribution in [0.3, 0.4) is 0 Å². The fourth-order valence-electron chi connectivity index (χ4n) is 8.54. The molecule has 3 heteroatoms. The van der Waals surface area contributed by atoms with Crippen molar-refractivity contribution in [3.8, 4) is 44.9 Å². The van der Waals surface area contributed by atoms with Gasteiger partial charge in [-0.25, -0.2) is 0 Å². The summed E-state index contributed by atoms with van der Waals surface area (Å²) in [5.74, 6) is 1.77. The normalized spacial score (nSPS) is 13.3. The minimum atomic E-state index is -0.199. The summed E-state index contributed by atoms with van der Waals surface area (Å²) in [5, 5.41) is 0. The van der Waals surface area contributed by atoms with Gasteiger partial charge in [0, 0.05) is 28.0 Å². The van der Waals surface area contributed by atoms with E-state index in [4.69, 9.17) is 4.74 Å². The van der Waals surface area contributed by atoms with Crippen LogP contribution >= 0.6 is 0 Å². The molecule has 55 heavy (non-hydrogen) atoms. The maximum Gasteiger partial charge on any atom is 0.159 e. The van der Waals surface area contributed by atoms with E-state index in [0.717, 1.165) is 51.1 Å². The summed E-state index contributed by atoms with van der Waals surface area (Å²) in [6, 6.07) is 67.5. The third-order valence-electron chi connectivity index (χ3n) is 11.4. The molecule has 0 fully saturated rings. The molecule has 2 aliphatic heterocycles. The molecule has 264 valence electrons. The Labute approximate surface area is 323 Å². The van der Waals surface area contributed by atoms with Crippen LogP contribution in [-0.2, 0) is 5.41 Å². The second-order valence-electron chi connectivity index (χ2n) is 15.0. The highest BCUT2D eigenvalue weighted by Crippen LogP contribution is 2.62. The number of benzene rings is 8. The minimum absolute atomic E-state index is 0.199. The summed E-state index contributed by atoms with van der Waals surface area (Å²) in [6.07, 6.45) is 0. The second-order valence-corrected chi connectivity index (χ2v) is 15.0. The van der Waals surface area contributed by atoms with Gasteiger partial charge < -0.3 is 14.5 Å². The number of hydrogen-bond donors (Lipinski definition) is 0. The molecule has 2 heterocycles. The van der Waals surface area contributed by atoms with Crippen molar-refractivity contribution in [3.63, 3.8) is 0 Å². The Balaban J connectivity index is 1.08. The first-order valence-electron chi connectivity index (χ1n) is 19.0. The quantitative estimate of drug-likeness (QED) is 0.171. The summed E-state index contributed by atoms with van der Waals surface area (Å²) in [4.78, 5) is 4.78. The molecule has 0 saturated carbocycles. The molecule has 8 aromatic rings. The molecule has 0 aliphatic carbocycles. The molecule has 0 atom stereocenters. The first-order chi connectivity index (χ1) is 27.0. The van der Waals surface area contributed by atoms with Gasteiger partial charge in [0.05, 0.1) is 17.1 Å². The molecular weight excluding hydrogens is 669 g/mol. The molecule has 0 N–H and O–H groups in total. The minimum Gasteiger partial charge on any atom is -0.452 e. The van der Waals surface area contributed by atoms with Crippen molar-refractivity contribution in [2.75, 3.05) is 9.80 Å². The molecule has 10 rings (SSSR count). The molecule has 0 amide bonds. The first-order valence-corrected chi connectivity index (χ1v) is 19.0. The summed E-state index contributed by atoms with van der Waals surface area (Å²) < 4.78 is 6.96. The number of fused-ring (bicyclic) bond motifs is 4. The van der Waals surface area contributed by atoms with E-state index in [2.05, 4.69) is 219 Å². The number of rotatable bonds is 6. The van der Waals surface area contributed by atoms with E-state index in [1.54, 1.807) is 0 Å². The molecule has 8 aromatic carbocycles. The van der Waals surface area contributed by atoms with E-state index in [1.807, 2.05) is 0 Å². The van der Waals surface area contributed by atoms with Gasteiger partial charge >= 0.3 is 0 Å². The van der Waals surface area contributed by atoms with Crippen LogP contribution in [0.2, 0.25) is 0 Å². The van der Waals surface area contributed by atoms with Gasteiger partial charge in [-0.05, 0) is 100.0 Å². The molecule has 0 saturated heterocycles. The van der Waals surface area contributed by atoms with Gasteiger partial charge in [0.25, 0.3) is 0 Å². The number of anilines is 6. The van der Waals surface area contributed by atoms with Crippen molar-refractivity contribution in [2.45, 2.75) is 26.2 Å². The largest absolute Gasteiger partial charge is 0.452 e. The molecule has 0 aromatic heterocycles. The third-order valence-corrected chi connectivity index (χ3v) is 11.4. The van der Waals surface area contributed by atoms with Crippen LogP contribution in [0, 0.1) is 6.92 Å². The lowest BCUT2D eigenvalue weighted by atomic mass is 9.72. The van der Waals surface area contributed by atoms with Gasteiger partial charge in [0.15, 0.2) is 11.5 Å². The van der Waals surface area contributed by atoms with Crippen LogP contribution in [0.5, 0.6) is 11.5 Å². The van der Waals surface area contributed by atoms with E-state index in [0.29, 0.717) is 0 Å². The fourth-order valence-corrected chi connectivity index (χ4v) is 8.54. The number of aryl methyl sites for hydroxylation is 1. The highest BCUT2D eigenvalue weighted by Gasteiger charge is 2.42. The van der Waals surface area contributed by atoms with Gasteiger partial charge in [-0.2, -0.15) is 0 Å². The van der Waals surface area contributed by atoms with Crippen molar-refractivity contribution >= 4 is 34.1 Å². The van der Waals surface area contributed by atoms with Gasteiger partial charge in [0.2, 0.25) is 0 Å². The number of nitrogens with zero attached hydrogens (tertiary/aromatic N) is 2. The number of ether oxygens (including phenoxy) is 1. The number of hydrogen-bond acceptors (Lipinski definition) is 3. The zero-order valence-electron chi connectivity index (χ0n) is 31.2. The fraction of sp³-hybridized carbons (Fsp3) is 0.0769. The molecule has 3 nitrogen and oxygen atoms in total. The van der Waals surface area contributed by atoms with Crippen LogP contribution < -0.4 is 14.5 Å². The lowest BCUT2D eigenvalue weighted by Crippen LogP contribution is -2.32. The van der Waals surface area contributed by atoms with Crippen molar-refractivity contribution in [1.29, 1.82) is 0 Å². The Morgan fingerprint density at radius 1 is 0.436 bits per heavy atom. The molecule has 0 bridgehead atoms. The zero-order chi connectivity index (χ0) is 37.1. The Morgan fingerprint density at radius 2 is 0.945 bits per heavy atom. The average Bonchev–Trinajstić information content (AvgIpc) is 3.24. The molecule has 0 spiro atoms. The van der Waals surface area contributed by atoms with E-state index in [9.17, 15) is 0 Å². The van der Waals surface area contributed by atoms with Crippen molar-refractivity contribution in [1.82, 2.24) is 0 Å². The van der Waals surface area contributed by atoms with Crippen LogP contribution in [-0.4, -0.2) is 0 Å². The summed E-state index contributed by atoms with van der Waals surface area (Å²) >= 11 is 0. The Hall–Kier alpha value is -6.84. The maximum atomic E-state index is 6.96. The highest BCUT2D eigenvalue weighted by atomic mass is 16.5. The Bertz CT molecular complexity index is 2600. The van der Waals surface area contributed by atoms with E-state index >= 15 is 0 Å². The third kappa shape index (κ3) is 5.42. The lowest BCUT2D eigenvalue weighted by Gasteiger charge is -2.45. The van der Waals surface area contributed by atoms with E-state index < -0.39 is 0 Å². The zero-order valence-corrected chi connectivity index (χ0v) is 31.2. The smallest absolute Gasteiger partial charge is 0.159 e. The topological polar surface area (TPSA) is 15.7 Å². The van der Waals surface area contributed by atoms with Crippen LogP contribution in [0.4, 0.5) is 34.1 Å². The predicted octanol–water partition coefficient (Wildman–Crippen LogP) is 14.7. The predicted molar refractivity (Wildman–Crippen MR) is 229 cm³/mol. The summed E-state index contributed by atoms with van der Waals surface area (Å²) in [5.41, 5.74) is 17.3. The van der Waals surface area contributed by atoms with Crippen LogP contribution in [0.25, 0.3) is 33.4 Å².